The molecule has 0 saturated carbocycles. The van der Waals surface area contributed by atoms with Crippen molar-refractivity contribution in [1.29, 1.82) is 0 Å². The summed E-state index contributed by atoms with van der Waals surface area (Å²) in [5.41, 5.74) is 11.9. The van der Waals surface area contributed by atoms with Crippen LogP contribution in [0.3, 0.4) is 0 Å². The summed E-state index contributed by atoms with van der Waals surface area (Å²) in [6.07, 6.45) is 2.20. The number of rotatable bonds is 2. The van der Waals surface area contributed by atoms with E-state index in [4.69, 9.17) is 5.73 Å². The van der Waals surface area contributed by atoms with E-state index in [0.29, 0.717) is 0 Å². The van der Waals surface area contributed by atoms with Crippen LogP contribution in [0.15, 0.2) is 48.7 Å². The zero-order valence-electron chi connectivity index (χ0n) is 11.4. The highest BCUT2D eigenvalue weighted by atomic mass is 14.9. The normalized spacial score (nSPS) is 11.1. The molecule has 2 aromatic carbocycles. The average Bonchev–Trinajstić information content (AvgIpc) is 2.80. The smallest absolute Gasteiger partial charge is 0.0507 e. The van der Waals surface area contributed by atoms with Gasteiger partial charge in [0.2, 0.25) is 0 Å². The maximum atomic E-state index is 6.18. The molecule has 3 aromatic rings. The second kappa shape index (κ2) is 4.47. The standard InChI is InChI=1S/C17H18N2/c1-3-19-11-14(13-9-7-12(2)8-10-13)17-15(18)5-4-6-16(17)19/h4-11H,3,18H2,1-2H3. The van der Waals surface area contributed by atoms with E-state index in [1.165, 1.54) is 22.2 Å². The number of nitrogens with zero attached hydrogens (tertiary/aromatic N) is 1. The van der Waals surface area contributed by atoms with Gasteiger partial charge < -0.3 is 10.3 Å². The van der Waals surface area contributed by atoms with Crippen LogP contribution >= 0.6 is 0 Å². The Kier molecular flexibility index (Phi) is 2.79. The summed E-state index contributed by atoms with van der Waals surface area (Å²) in [6.45, 7) is 5.21. The zero-order chi connectivity index (χ0) is 13.4. The minimum absolute atomic E-state index is 0.847. The number of aryl methyl sites for hydroxylation is 2. The van der Waals surface area contributed by atoms with Gasteiger partial charge >= 0.3 is 0 Å². The van der Waals surface area contributed by atoms with Crippen molar-refractivity contribution in [2.75, 3.05) is 5.73 Å². The molecule has 0 bridgehead atoms. The van der Waals surface area contributed by atoms with Crippen LogP contribution in [0.1, 0.15) is 12.5 Å². The molecular weight excluding hydrogens is 232 g/mol. The highest BCUT2D eigenvalue weighted by Gasteiger charge is 2.11. The summed E-state index contributed by atoms with van der Waals surface area (Å²) in [5.74, 6) is 0. The largest absolute Gasteiger partial charge is 0.398 e. The SMILES string of the molecule is CCn1cc(-c2ccc(C)cc2)c2c(N)cccc21. The van der Waals surface area contributed by atoms with E-state index >= 15 is 0 Å². The second-order valence-corrected chi connectivity index (χ2v) is 4.94. The van der Waals surface area contributed by atoms with Crippen LogP contribution in [0.25, 0.3) is 22.0 Å². The molecule has 0 unspecified atom stereocenters. The maximum absolute atomic E-state index is 6.18. The molecule has 0 fully saturated rings. The molecular formula is C17H18N2. The molecule has 1 aromatic heterocycles. The molecule has 0 amide bonds. The van der Waals surface area contributed by atoms with E-state index < -0.39 is 0 Å². The number of nitrogens with two attached hydrogens (primary N) is 1. The number of benzene rings is 2. The molecule has 0 spiro atoms. The Morgan fingerprint density at radius 3 is 2.47 bits per heavy atom. The molecule has 0 atom stereocenters. The van der Waals surface area contributed by atoms with Crippen LogP contribution in [-0.4, -0.2) is 4.57 Å². The lowest BCUT2D eigenvalue weighted by Gasteiger charge is -2.03. The van der Waals surface area contributed by atoms with Crippen molar-refractivity contribution in [1.82, 2.24) is 4.57 Å². The summed E-state index contributed by atoms with van der Waals surface area (Å²) in [6, 6.07) is 14.7. The Morgan fingerprint density at radius 2 is 1.79 bits per heavy atom. The predicted octanol–water partition coefficient (Wildman–Crippen LogP) is 4.22. The molecule has 0 aliphatic heterocycles. The van der Waals surface area contributed by atoms with Crippen LogP contribution in [0, 0.1) is 6.92 Å². The van der Waals surface area contributed by atoms with E-state index in [1.54, 1.807) is 0 Å². The molecule has 2 N–H and O–H groups in total. The molecule has 0 radical (unpaired) electrons. The first-order valence-corrected chi connectivity index (χ1v) is 6.65. The minimum Gasteiger partial charge on any atom is -0.398 e. The third kappa shape index (κ3) is 1.89. The lowest BCUT2D eigenvalue weighted by Crippen LogP contribution is -1.91. The van der Waals surface area contributed by atoms with Crippen molar-refractivity contribution in [3.05, 3.63) is 54.2 Å². The van der Waals surface area contributed by atoms with Gasteiger partial charge in [-0.25, -0.2) is 0 Å². The fraction of sp³-hybridized carbons (Fsp3) is 0.176. The van der Waals surface area contributed by atoms with E-state index in [0.717, 1.165) is 17.6 Å². The first-order chi connectivity index (χ1) is 9.20. The maximum Gasteiger partial charge on any atom is 0.0507 e. The zero-order valence-corrected chi connectivity index (χ0v) is 11.4. The highest BCUT2D eigenvalue weighted by molar-refractivity contribution is 6.03. The minimum atomic E-state index is 0.847. The monoisotopic (exact) mass is 250 g/mol. The van der Waals surface area contributed by atoms with Gasteiger partial charge in [0.25, 0.3) is 0 Å². The summed E-state index contributed by atoms with van der Waals surface area (Å²) in [4.78, 5) is 0. The summed E-state index contributed by atoms with van der Waals surface area (Å²) in [5, 5.41) is 1.16. The van der Waals surface area contributed by atoms with Gasteiger partial charge in [-0.2, -0.15) is 0 Å². The predicted molar refractivity (Wildman–Crippen MR) is 82.2 cm³/mol. The topological polar surface area (TPSA) is 30.9 Å². The average molecular weight is 250 g/mol. The van der Waals surface area contributed by atoms with E-state index in [9.17, 15) is 0 Å². The van der Waals surface area contributed by atoms with Crippen molar-refractivity contribution in [3.8, 4) is 11.1 Å². The van der Waals surface area contributed by atoms with Crippen molar-refractivity contribution in [2.45, 2.75) is 20.4 Å². The number of fused-ring (bicyclic) bond motifs is 1. The van der Waals surface area contributed by atoms with Gasteiger partial charge in [0.05, 0.1) is 5.52 Å². The molecule has 1 heterocycles. The molecule has 96 valence electrons. The van der Waals surface area contributed by atoms with Gasteiger partial charge in [0.1, 0.15) is 0 Å². The number of anilines is 1. The van der Waals surface area contributed by atoms with Gasteiger partial charge in [-0.15, -0.1) is 0 Å². The molecule has 2 heteroatoms. The van der Waals surface area contributed by atoms with Crippen LogP contribution in [-0.2, 0) is 6.54 Å². The van der Waals surface area contributed by atoms with E-state index in [-0.39, 0.29) is 0 Å². The number of hydrogen-bond acceptors (Lipinski definition) is 1. The van der Waals surface area contributed by atoms with Crippen LogP contribution in [0.5, 0.6) is 0 Å². The van der Waals surface area contributed by atoms with Crippen LogP contribution in [0.4, 0.5) is 5.69 Å². The molecule has 2 nitrogen and oxygen atoms in total. The van der Waals surface area contributed by atoms with Gasteiger partial charge in [0, 0.05) is 29.4 Å². The van der Waals surface area contributed by atoms with E-state index in [1.807, 2.05) is 12.1 Å². The first kappa shape index (κ1) is 11.8. The van der Waals surface area contributed by atoms with Gasteiger partial charge in [-0.3, -0.25) is 0 Å². The number of nitrogen functional groups attached to an aromatic ring is 1. The van der Waals surface area contributed by atoms with Crippen molar-refractivity contribution >= 4 is 16.6 Å². The quantitative estimate of drug-likeness (QED) is 0.678. The van der Waals surface area contributed by atoms with Crippen molar-refractivity contribution in [3.63, 3.8) is 0 Å². The summed E-state index contributed by atoms with van der Waals surface area (Å²) >= 11 is 0. The fourth-order valence-electron chi connectivity index (χ4n) is 2.59. The lowest BCUT2D eigenvalue weighted by molar-refractivity contribution is 0.798. The number of aromatic nitrogens is 1. The molecule has 19 heavy (non-hydrogen) atoms. The van der Waals surface area contributed by atoms with Gasteiger partial charge in [-0.05, 0) is 31.5 Å². The third-order valence-corrected chi connectivity index (χ3v) is 3.64. The Bertz CT molecular complexity index is 721. The van der Waals surface area contributed by atoms with Crippen LogP contribution < -0.4 is 5.73 Å². The Labute approximate surface area is 113 Å². The van der Waals surface area contributed by atoms with Crippen LogP contribution in [0.2, 0.25) is 0 Å². The lowest BCUT2D eigenvalue weighted by atomic mass is 10.0. The highest BCUT2D eigenvalue weighted by Crippen LogP contribution is 2.34. The molecule has 3 rings (SSSR count). The molecule has 0 aliphatic rings. The molecule has 0 aliphatic carbocycles. The summed E-state index contributed by atoms with van der Waals surface area (Å²) < 4.78 is 2.25. The van der Waals surface area contributed by atoms with Gasteiger partial charge in [-0.1, -0.05) is 35.9 Å². The first-order valence-electron chi connectivity index (χ1n) is 6.65. The number of hydrogen-bond donors (Lipinski definition) is 1. The van der Waals surface area contributed by atoms with E-state index in [2.05, 4.69) is 54.9 Å². The Hall–Kier alpha value is -2.22. The van der Waals surface area contributed by atoms with Crippen molar-refractivity contribution < 1.29 is 0 Å². The fourth-order valence-corrected chi connectivity index (χ4v) is 2.59. The van der Waals surface area contributed by atoms with Gasteiger partial charge in [0.15, 0.2) is 0 Å². The second-order valence-electron chi connectivity index (χ2n) is 4.94. The third-order valence-electron chi connectivity index (χ3n) is 3.64. The van der Waals surface area contributed by atoms with Crippen molar-refractivity contribution in [2.24, 2.45) is 0 Å². The Balaban J connectivity index is 2.32. The summed E-state index contributed by atoms with van der Waals surface area (Å²) in [7, 11) is 0. The molecule has 0 saturated heterocycles. The Morgan fingerprint density at radius 1 is 1.05 bits per heavy atom.